The van der Waals surface area contributed by atoms with Gasteiger partial charge in [-0.15, -0.1) is 11.0 Å². The van der Waals surface area contributed by atoms with E-state index >= 15 is 0 Å². The van der Waals surface area contributed by atoms with Gasteiger partial charge in [-0.25, -0.2) is 0 Å². The maximum absolute atomic E-state index is 9.87. The van der Waals surface area contributed by atoms with Crippen LogP contribution in [-0.2, 0) is 9.59 Å². The van der Waals surface area contributed by atoms with Gasteiger partial charge in [0.15, 0.2) is 0 Å². The molecule has 0 bridgehead atoms. The van der Waals surface area contributed by atoms with Crippen LogP contribution in [0.4, 0.5) is 0 Å². The monoisotopic (exact) mass is 466 g/mol. The Kier molecular flexibility index (Phi) is 26.3. The van der Waals surface area contributed by atoms with E-state index in [1.807, 2.05) is 0 Å². The van der Waals surface area contributed by atoms with Gasteiger partial charge in [0.25, 0.3) is 14.1 Å². The van der Waals surface area contributed by atoms with E-state index in [0.29, 0.717) is 0 Å². The summed E-state index contributed by atoms with van der Waals surface area (Å²) in [6.45, 7) is 13.2. The lowest BCUT2D eigenvalue weighted by Gasteiger charge is -2.14. The smallest absolute Gasteiger partial charge is 0.310 e. The quantitative estimate of drug-likeness (QED) is 0.110. The van der Waals surface area contributed by atoms with Gasteiger partial charge in [0.2, 0.25) is 0 Å². The second kappa shape index (κ2) is 25.0. The molecule has 3 nitrogen and oxygen atoms in total. The van der Waals surface area contributed by atoms with Gasteiger partial charge in [0.05, 0.1) is 0 Å². The lowest BCUT2D eigenvalue weighted by atomic mass is 10.0. The SMILES string of the molecule is CC(=O)CC(=O)O.CCCCCCCCCCCCCCCCC=[CH][Al]([CH](C)C)[CH](C)C. The minimum atomic E-state index is -1.06. The van der Waals surface area contributed by atoms with Gasteiger partial charge in [-0.3, -0.25) is 9.59 Å². The third-order valence-electron chi connectivity index (χ3n) is 6.02. The highest BCUT2D eigenvalue weighted by atomic mass is 27.2. The number of unbranched alkanes of at least 4 members (excludes halogenated alkanes) is 14. The van der Waals surface area contributed by atoms with Crippen molar-refractivity contribution in [1.82, 2.24) is 0 Å². The first-order valence-electron chi connectivity index (χ1n) is 13.6. The van der Waals surface area contributed by atoms with Crippen LogP contribution in [0.15, 0.2) is 11.0 Å². The Bertz CT molecular complexity index is 438. The van der Waals surface area contributed by atoms with Crippen molar-refractivity contribution in [3.8, 4) is 0 Å². The molecule has 0 spiro atoms. The molecule has 0 radical (unpaired) electrons. The highest BCUT2D eigenvalue weighted by Gasteiger charge is 2.21. The molecule has 0 aliphatic carbocycles. The maximum Gasteiger partial charge on any atom is 0.310 e. The Labute approximate surface area is 205 Å². The molecule has 0 saturated heterocycles. The zero-order chi connectivity index (χ0) is 24.6. The van der Waals surface area contributed by atoms with Gasteiger partial charge >= 0.3 is 5.97 Å². The zero-order valence-electron chi connectivity index (χ0n) is 22.5. The van der Waals surface area contributed by atoms with Crippen molar-refractivity contribution in [3.05, 3.63) is 11.0 Å². The Hall–Kier alpha value is -0.588. The minimum Gasteiger partial charge on any atom is -0.481 e. The normalized spacial score (nSPS) is 11.1. The summed E-state index contributed by atoms with van der Waals surface area (Å²) >= 11 is -0.654. The van der Waals surface area contributed by atoms with Crippen LogP contribution in [0, 0.1) is 0 Å². The van der Waals surface area contributed by atoms with Crippen LogP contribution >= 0.6 is 0 Å². The van der Waals surface area contributed by atoms with Crippen molar-refractivity contribution in [2.75, 3.05) is 0 Å². The van der Waals surface area contributed by atoms with E-state index in [0.717, 1.165) is 9.56 Å². The fourth-order valence-corrected chi connectivity index (χ4v) is 7.07. The molecule has 32 heavy (non-hydrogen) atoms. The third-order valence-corrected chi connectivity index (χ3v) is 9.82. The number of carbonyl (C=O) groups excluding carboxylic acids is 1. The molecule has 0 unspecified atom stereocenters. The molecule has 0 saturated carbocycles. The Balaban J connectivity index is 0. The molecule has 0 rings (SSSR count). The van der Waals surface area contributed by atoms with E-state index in [9.17, 15) is 9.59 Å². The maximum atomic E-state index is 9.87. The van der Waals surface area contributed by atoms with Crippen molar-refractivity contribution < 1.29 is 14.7 Å². The van der Waals surface area contributed by atoms with Crippen LogP contribution in [0.1, 0.15) is 144 Å². The van der Waals surface area contributed by atoms with Crippen molar-refractivity contribution in [1.29, 1.82) is 0 Å². The molecule has 0 atom stereocenters. The van der Waals surface area contributed by atoms with Gasteiger partial charge in [0, 0.05) is 0 Å². The van der Waals surface area contributed by atoms with Crippen molar-refractivity contribution >= 4 is 25.9 Å². The number of carboxylic acid groups (broad SMARTS) is 1. The average Bonchev–Trinajstić information content (AvgIpc) is 2.69. The molecule has 0 aliphatic heterocycles. The summed E-state index contributed by atoms with van der Waals surface area (Å²) in [6.07, 6.45) is 23.9. The molecule has 4 heteroatoms. The number of Topliss-reactive ketones (excluding diaryl/α,β-unsaturated/α-hetero) is 1. The summed E-state index contributed by atoms with van der Waals surface area (Å²) < 4.78 is 1.82. The number of hydrogen-bond acceptors (Lipinski definition) is 2. The summed E-state index contributed by atoms with van der Waals surface area (Å²) in [5.74, 6) is -1.37. The molecule has 0 amide bonds. The van der Waals surface area contributed by atoms with E-state index in [1.165, 1.54) is 103 Å². The number of rotatable bonds is 20. The number of ketones is 1. The van der Waals surface area contributed by atoms with E-state index in [4.69, 9.17) is 5.11 Å². The first-order chi connectivity index (χ1) is 15.2. The summed E-state index contributed by atoms with van der Waals surface area (Å²) in [4.78, 5) is 22.1. The molecular weight excluding hydrogens is 411 g/mol. The number of hydrogen-bond donors (Lipinski definition) is 1. The van der Waals surface area contributed by atoms with Gasteiger partial charge < -0.3 is 5.11 Å². The van der Waals surface area contributed by atoms with Crippen LogP contribution in [-0.4, -0.2) is 31.0 Å². The number of carboxylic acids is 1. The number of carbonyl (C=O) groups is 2. The topological polar surface area (TPSA) is 54.4 Å². The number of allylic oxidation sites excluding steroid dienone is 1. The first-order valence-corrected chi connectivity index (χ1v) is 15.6. The lowest BCUT2D eigenvalue weighted by molar-refractivity contribution is -0.139. The Morgan fingerprint density at radius 3 is 1.38 bits per heavy atom. The third kappa shape index (κ3) is 27.4. The van der Waals surface area contributed by atoms with Crippen LogP contribution in [0.2, 0.25) is 9.56 Å². The highest BCUT2D eigenvalue weighted by Crippen LogP contribution is 2.21. The molecule has 0 aromatic carbocycles. The minimum absolute atomic E-state index is 0.312. The first kappa shape index (κ1) is 33.6. The van der Waals surface area contributed by atoms with Crippen LogP contribution in [0.3, 0.4) is 0 Å². The molecule has 0 aromatic rings. The molecule has 188 valence electrons. The summed E-state index contributed by atoms with van der Waals surface area (Å²) in [7, 11) is 0. The highest BCUT2D eigenvalue weighted by molar-refractivity contribution is 6.66. The predicted molar refractivity (Wildman–Crippen MR) is 143 cm³/mol. The van der Waals surface area contributed by atoms with Crippen molar-refractivity contribution in [3.63, 3.8) is 0 Å². The zero-order valence-corrected chi connectivity index (χ0v) is 23.6. The van der Waals surface area contributed by atoms with Gasteiger partial charge in [-0.1, -0.05) is 128 Å². The molecule has 0 aromatic heterocycles. The predicted octanol–water partition coefficient (Wildman–Crippen LogP) is 9.32. The fraction of sp³-hybridized carbons (Fsp3) is 0.857. The van der Waals surface area contributed by atoms with E-state index in [-0.39, 0.29) is 12.2 Å². The molecule has 0 fully saturated rings. The van der Waals surface area contributed by atoms with Crippen molar-refractivity contribution in [2.45, 2.75) is 154 Å². The van der Waals surface area contributed by atoms with E-state index < -0.39 is 20.1 Å². The molecular formula is C28H55AlO3. The number of aliphatic carboxylic acids is 1. The molecule has 0 heterocycles. The van der Waals surface area contributed by atoms with Crippen LogP contribution in [0.5, 0.6) is 0 Å². The summed E-state index contributed by atoms with van der Waals surface area (Å²) in [5.41, 5.74) is 0. The second-order valence-corrected chi connectivity index (χ2v) is 14.4. The summed E-state index contributed by atoms with van der Waals surface area (Å²) in [5, 5.41) is 7.86. The van der Waals surface area contributed by atoms with Gasteiger partial charge in [-0.05, 0) is 19.8 Å². The standard InChI is InChI=1S/C18H35.C4H6O3.2C3H7.Al/c1-3-5-7-9-11-13-15-17-18-16-14-12-10-8-6-4-2;1-3(5)2-4(6)7;2*1-3-2;/h1,3H,4-18H2,2H3;2H2,1H3,(H,6,7);2*3H,1-2H3;. The average molecular weight is 467 g/mol. The lowest BCUT2D eigenvalue weighted by Crippen LogP contribution is -2.18. The van der Waals surface area contributed by atoms with Gasteiger partial charge in [-0.2, -0.15) is 0 Å². The Morgan fingerprint density at radius 1 is 0.719 bits per heavy atom. The molecule has 1 N–H and O–H groups in total. The van der Waals surface area contributed by atoms with Crippen LogP contribution < -0.4 is 0 Å². The fourth-order valence-electron chi connectivity index (χ4n) is 4.14. The Morgan fingerprint density at radius 2 is 1.09 bits per heavy atom. The van der Waals surface area contributed by atoms with Crippen LogP contribution in [0.25, 0.3) is 0 Å². The molecule has 0 aliphatic rings. The van der Waals surface area contributed by atoms with Gasteiger partial charge in [0.1, 0.15) is 12.2 Å². The second-order valence-electron chi connectivity index (χ2n) is 10.2. The van der Waals surface area contributed by atoms with E-state index in [2.05, 4.69) is 45.6 Å². The van der Waals surface area contributed by atoms with E-state index in [1.54, 1.807) is 0 Å². The van der Waals surface area contributed by atoms with Crippen molar-refractivity contribution in [2.24, 2.45) is 0 Å². The largest absolute Gasteiger partial charge is 0.481 e. The summed E-state index contributed by atoms with van der Waals surface area (Å²) in [6, 6.07) is 0.